The lowest BCUT2D eigenvalue weighted by Crippen LogP contribution is -2.17. The molecule has 0 aromatic heterocycles. The van der Waals surface area contributed by atoms with Gasteiger partial charge in [0.05, 0.1) is 5.69 Å². The molecule has 0 atom stereocenters. The molecule has 0 N–H and O–H groups in total. The maximum absolute atomic E-state index is 12.7. The van der Waals surface area contributed by atoms with Gasteiger partial charge in [0.2, 0.25) is 6.08 Å². The summed E-state index contributed by atoms with van der Waals surface area (Å²) in [5.74, 6) is -1.78. The molecule has 0 aliphatic carbocycles. The average molecular weight is 221 g/mol. The second-order valence-electron chi connectivity index (χ2n) is 2.40. The van der Waals surface area contributed by atoms with Gasteiger partial charge in [-0.2, -0.15) is 4.99 Å². The van der Waals surface area contributed by atoms with Crippen LogP contribution in [0.1, 0.15) is 0 Å². The SMILES string of the molecule is O=C=Nc1cc(F)cc(OC(F)(F)F)c1. The molecule has 0 amide bonds. The average Bonchev–Trinajstić information content (AvgIpc) is 1.99. The fraction of sp³-hybridized carbons (Fsp3) is 0.125. The summed E-state index contributed by atoms with van der Waals surface area (Å²) in [4.78, 5) is 12.8. The number of halogens is 4. The standard InChI is InChI=1S/C8H3F4NO2/c9-5-1-6(13-4-14)3-7(2-5)15-8(10,11)12/h1-3H. The lowest BCUT2D eigenvalue weighted by molar-refractivity contribution is -0.274. The molecule has 15 heavy (non-hydrogen) atoms. The predicted molar refractivity (Wildman–Crippen MR) is 40.9 cm³/mol. The van der Waals surface area contributed by atoms with Crippen molar-refractivity contribution < 1.29 is 27.1 Å². The lowest BCUT2D eigenvalue weighted by atomic mass is 10.3. The quantitative estimate of drug-likeness (QED) is 0.437. The van der Waals surface area contributed by atoms with Crippen molar-refractivity contribution in [2.24, 2.45) is 4.99 Å². The normalized spacial score (nSPS) is 10.7. The van der Waals surface area contributed by atoms with E-state index in [1.54, 1.807) is 0 Å². The van der Waals surface area contributed by atoms with Crippen LogP contribution in [-0.4, -0.2) is 12.4 Å². The van der Waals surface area contributed by atoms with Gasteiger partial charge in [-0.25, -0.2) is 9.18 Å². The van der Waals surface area contributed by atoms with Crippen LogP contribution in [0.3, 0.4) is 0 Å². The minimum absolute atomic E-state index is 0.302. The van der Waals surface area contributed by atoms with Crippen molar-refractivity contribution in [1.29, 1.82) is 0 Å². The molecule has 0 fully saturated rings. The van der Waals surface area contributed by atoms with Gasteiger partial charge in [-0.05, 0) is 0 Å². The lowest BCUT2D eigenvalue weighted by Gasteiger charge is -2.08. The van der Waals surface area contributed by atoms with Crippen LogP contribution in [0.5, 0.6) is 5.75 Å². The van der Waals surface area contributed by atoms with Crippen LogP contribution in [0.4, 0.5) is 23.2 Å². The highest BCUT2D eigenvalue weighted by Crippen LogP contribution is 2.27. The van der Waals surface area contributed by atoms with Crippen LogP contribution in [0, 0.1) is 5.82 Å². The number of hydrogen-bond acceptors (Lipinski definition) is 3. The highest BCUT2D eigenvalue weighted by molar-refractivity contribution is 5.51. The summed E-state index contributed by atoms with van der Waals surface area (Å²) < 4.78 is 51.3. The summed E-state index contributed by atoms with van der Waals surface area (Å²) in [6, 6.07) is 2.06. The Balaban J connectivity index is 3.04. The van der Waals surface area contributed by atoms with E-state index >= 15 is 0 Å². The molecule has 0 unspecified atom stereocenters. The third-order valence-corrected chi connectivity index (χ3v) is 1.26. The highest BCUT2D eigenvalue weighted by Gasteiger charge is 2.31. The van der Waals surface area contributed by atoms with Gasteiger partial charge >= 0.3 is 6.36 Å². The van der Waals surface area contributed by atoms with Gasteiger partial charge in [0.1, 0.15) is 11.6 Å². The fourth-order valence-corrected chi connectivity index (χ4v) is 0.858. The van der Waals surface area contributed by atoms with Crippen LogP contribution < -0.4 is 4.74 Å². The Kier molecular flexibility index (Phi) is 3.06. The topological polar surface area (TPSA) is 38.7 Å². The Morgan fingerprint density at radius 3 is 2.47 bits per heavy atom. The van der Waals surface area contributed by atoms with Gasteiger partial charge in [0, 0.05) is 18.2 Å². The molecule has 80 valence electrons. The molecule has 3 nitrogen and oxygen atoms in total. The minimum atomic E-state index is -4.92. The second-order valence-corrected chi connectivity index (χ2v) is 2.40. The molecule has 0 saturated heterocycles. The third kappa shape index (κ3) is 3.78. The van der Waals surface area contributed by atoms with Crippen LogP contribution in [-0.2, 0) is 4.79 Å². The van der Waals surface area contributed by atoms with Crippen molar-refractivity contribution in [3.05, 3.63) is 24.0 Å². The van der Waals surface area contributed by atoms with E-state index in [9.17, 15) is 22.4 Å². The summed E-state index contributed by atoms with van der Waals surface area (Å²) in [7, 11) is 0. The minimum Gasteiger partial charge on any atom is -0.406 e. The van der Waals surface area contributed by atoms with Crippen molar-refractivity contribution in [3.8, 4) is 5.75 Å². The van der Waals surface area contributed by atoms with Crippen LogP contribution in [0.2, 0.25) is 0 Å². The molecule has 0 aliphatic heterocycles. The molecule has 1 aromatic carbocycles. The van der Waals surface area contributed by atoms with Gasteiger partial charge < -0.3 is 4.74 Å². The zero-order valence-corrected chi connectivity index (χ0v) is 7.01. The number of ether oxygens (including phenoxy) is 1. The number of hydrogen-bond donors (Lipinski definition) is 0. The Hall–Kier alpha value is -1.88. The molecular formula is C8H3F4NO2. The van der Waals surface area contributed by atoms with E-state index in [1.165, 1.54) is 0 Å². The number of nitrogens with zero attached hydrogens (tertiary/aromatic N) is 1. The predicted octanol–water partition coefficient (Wildman–Crippen LogP) is 2.69. The monoisotopic (exact) mass is 221 g/mol. The molecule has 0 aliphatic rings. The number of isocyanates is 1. The summed E-state index contributed by atoms with van der Waals surface area (Å²) in [5, 5.41) is 0. The first-order chi connectivity index (χ1) is 6.90. The van der Waals surface area contributed by atoms with Crippen LogP contribution in [0.25, 0.3) is 0 Å². The van der Waals surface area contributed by atoms with Crippen molar-refractivity contribution in [1.82, 2.24) is 0 Å². The first-order valence-corrected chi connectivity index (χ1v) is 3.55. The molecule has 0 spiro atoms. The van der Waals surface area contributed by atoms with Crippen molar-refractivity contribution in [2.45, 2.75) is 6.36 Å². The molecule has 1 rings (SSSR count). The van der Waals surface area contributed by atoms with Crippen LogP contribution >= 0.6 is 0 Å². The summed E-state index contributed by atoms with van der Waals surface area (Å²) in [5.41, 5.74) is -0.302. The molecular weight excluding hydrogens is 218 g/mol. The van der Waals surface area contributed by atoms with E-state index in [4.69, 9.17) is 0 Å². The van der Waals surface area contributed by atoms with Gasteiger partial charge in [-0.1, -0.05) is 0 Å². The van der Waals surface area contributed by atoms with Gasteiger partial charge in [-0.3, -0.25) is 0 Å². The van der Waals surface area contributed by atoms with Gasteiger partial charge in [0.25, 0.3) is 0 Å². The maximum atomic E-state index is 12.7. The van der Waals surface area contributed by atoms with E-state index in [1.807, 2.05) is 0 Å². The first kappa shape index (κ1) is 11.2. The molecule has 1 aromatic rings. The second kappa shape index (κ2) is 4.10. The van der Waals surface area contributed by atoms with E-state index < -0.39 is 17.9 Å². The highest BCUT2D eigenvalue weighted by atomic mass is 19.4. The van der Waals surface area contributed by atoms with Gasteiger partial charge in [-0.15, -0.1) is 13.2 Å². The van der Waals surface area contributed by atoms with Crippen molar-refractivity contribution in [2.75, 3.05) is 0 Å². The zero-order valence-electron chi connectivity index (χ0n) is 7.01. The fourth-order valence-electron chi connectivity index (χ4n) is 0.858. The molecule has 0 heterocycles. The number of alkyl halides is 3. The molecule has 0 saturated carbocycles. The Bertz CT molecular complexity index is 410. The largest absolute Gasteiger partial charge is 0.573 e. The van der Waals surface area contributed by atoms with Gasteiger partial charge in [0.15, 0.2) is 0 Å². The molecule has 0 bridgehead atoms. The number of benzene rings is 1. The number of carbonyl (C=O) groups excluding carboxylic acids is 1. The number of aliphatic imine (C=N–C) groups is 1. The Morgan fingerprint density at radius 1 is 1.27 bits per heavy atom. The Morgan fingerprint density at radius 2 is 1.93 bits per heavy atom. The van der Waals surface area contributed by atoms with E-state index in [0.29, 0.717) is 6.07 Å². The van der Waals surface area contributed by atoms with Crippen molar-refractivity contribution >= 4 is 11.8 Å². The van der Waals surface area contributed by atoms with E-state index in [0.717, 1.165) is 18.2 Å². The third-order valence-electron chi connectivity index (χ3n) is 1.26. The zero-order chi connectivity index (χ0) is 11.5. The first-order valence-electron chi connectivity index (χ1n) is 3.55. The Labute approximate surface area is 81.0 Å². The molecule has 7 heteroatoms. The van der Waals surface area contributed by atoms with Crippen molar-refractivity contribution in [3.63, 3.8) is 0 Å². The van der Waals surface area contributed by atoms with E-state index in [2.05, 4.69) is 9.73 Å². The summed E-state index contributed by atoms with van der Waals surface area (Å²) >= 11 is 0. The smallest absolute Gasteiger partial charge is 0.406 e. The summed E-state index contributed by atoms with van der Waals surface area (Å²) in [6.45, 7) is 0. The molecule has 0 radical (unpaired) electrons. The van der Waals surface area contributed by atoms with E-state index in [-0.39, 0.29) is 5.69 Å². The summed E-state index contributed by atoms with van der Waals surface area (Å²) in [6.07, 6.45) is -3.85. The number of rotatable bonds is 2. The van der Waals surface area contributed by atoms with Crippen LogP contribution in [0.15, 0.2) is 23.2 Å². The maximum Gasteiger partial charge on any atom is 0.573 e.